The molecule has 0 saturated carbocycles. The van der Waals surface area contributed by atoms with E-state index in [1.54, 1.807) is 31.2 Å². The fourth-order valence-corrected chi connectivity index (χ4v) is 4.98. The van der Waals surface area contributed by atoms with Crippen LogP contribution in [-0.2, 0) is 19.9 Å². The molecule has 0 saturated heterocycles. The zero-order chi connectivity index (χ0) is 22.0. The van der Waals surface area contributed by atoms with E-state index >= 15 is 0 Å². The van der Waals surface area contributed by atoms with Crippen LogP contribution in [0.4, 0.5) is 0 Å². The summed E-state index contributed by atoms with van der Waals surface area (Å²) >= 11 is 0. The van der Waals surface area contributed by atoms with Gasteiger partial charge in [0.1, 0.15) is 10.5 Å². The summed E-state index contributed by atoms with van der Waals surface area (Å²) in [5, 5.41) is 10.8. The summed E-state index contributed by atoms with van der Waals surface area (Å²) in [7, 11) is -4.06. The van der Waals surface area contributed by atoms with Crippen LogP contribution in [0.2, 0.25) is 0 Å². The minimum atomic E-state index is -4.06. The quantitative estimate of drug-likeness (QED) is 0.561. The highest BCUT2D eigenvalue weighted by atomic mass is 32.2. The molecule has 1 unspecified atom stereocenters. The maximum Gasteiger partial charge on any atom is 0.297 e. The van der Waals surface area contributed by atoms with Crippen LogP contribution in [0.25, 0.3) is 0 Å². The predicted molar refractivity (Wildman–Crippen MR) is 118 cm³/mol. The third-order valence-electron chi connectivity index (χ3n) is 5.22. The molecule has 4 nitrogen and oxygen atoms in total. The number of benzene rings is 2. The molecular weight excluding hydrogens is 384 g/mol. The van der Waals surface area contributed by atoms with Crippen molar-refractivity contribution in [3.05, 3.63) is 64.7 Å². The molecule has 2 rings (SSSR count). The molecule has 29 heavy (non-hydrogen) atoms. The van der Waals surface area contributed by atoms with E-state index in [9.17, 15) is 13.5 Å². The van der Waals surface area contributed by atoms with E-state index in [0.717, 1.165) is 16.7 Å². The van der Waals surface area contributed by atoms with Crippen LogP contribution in [0.3, 0.4) is 0 Å². The fraction of sp³-hybridized carbons (Fsp3) is 0.500. The van der Waals surface area contributed by atoms with Gasteiger partial charge in [0.15, 0.2) is 0 Å². The molecule has 0 heterocycles. The average molecular weight is 419 g/mol. The van der Waals surface area contributed by atoms with Crippen molar-refractivity contribution in [3.8, 4) is 0 Å². The zero-order valence-corrected chi connectivity index (χ0v) is 19.4. The van der Waals surface area contributed by atoms with Gasteiger partial charge < -0.3 is 5.11 Å². The number of rotatable bonds is 8. The van der Waals surface area contributed by atoms with Gasteiger partial charge in [0.2, 0.25) is 0 Å². The zero-order valence-electron chi connectivity index (χ0n) is 18.6. The van der Waals surface area contributed by atoms with Crippen molar-refractivity contribution in [3.63, 3.8) is 0 Å². The first-order valence-electron chi connectivity index (χ1n) is 10.2. The van der Waals surface area contributed by atoms with Crippen molar-refractivity contribution in [2.45, 2.75) is 76.7 Å². The molecular formula is C24H34O4S. The number of aliphatic hydroxyl groups is 1. The smallest absolute Gasteiger partial charge is 0.297 e. The summed E-state index contributed by atoms with van der Waals surface area (Å²) < 4.78 is 32.1. The van der Waals surface area contributed by atoms with Crippen LogP contribution in [0.5, 0.6) is 0 Å². The van der Waals surface area contributed by atoms with Crippen molar-refractivity contribution >= 4 is 10.1 Å². The Morgan fingerprint density at radius 2 is 1.38 bits per heavy atom. The Morgan fingerprint density at radius 1 is 0.897 bits per heavy atom. The molecule has 160 valence electrons. The number of hydrogen-bond donors (Lipinski definition) is 1. The van der Waals surface area contributed by atoms with E-state index in [0.29, 0.717) is 11.5 Å². The minimum absolute atomic E-state index is 0.0224. The molecule has 2 aromatic carbocycles. The van der Waals surface area contributed by atoms with Crippen molar-refractivity contribution in [2.24, 2.45) is 0 Å². The minimum Gasteiger partial charge on any atom is -0.383 e. The SMILES string of the molecule is CC(C)c1cc(C(C)C)c(S(=O)(=O)OCC(C)(O)c2ccccc2)c(C(C)C)c1. The Labute approximate surface area is 176 Å². The summed E-state index contributed by atoms with van der Waals surface area (Å²) in [6, 6.07) is 12.9. The first kappa shape index (κ1) is 23.6. The van der Waals surface area contributed by atoms with Crippen LogP contribution in [0.1, 0.15) is 88.5 Å². The van der Waals surface area contributed by atoms with Crippen molar-refractivity contribution in [2.75, 3.05) is 6.61 Å². The van der Waals surface area contributed by atoms with Gasteiger partial charge in [0, 0.05) is 0 Å². The van der Waals surface area contributed by atoms with Crippen LogP contribution in [-0.4, -0.2) is 20.1 Å². The summed E-state index contributed by atoms with van der Waals surface area (Å²) in [4.78, 5) is 0.246. The Morgan fingerprint density at radius 3 is 1.79 bits per heavy atom. The highest BCUT2D eigenvalue weighted by Crippen LogP contribution is 2.36. The van der Waals surface area contributed by atoms with E-state index in [1.165, 1.54) is 0 Å². The molecule has 0 aliphatic rings. The predicted octanol–water partition coefficient (Wildman–Crippen LogP) is 5.67. The van der Waals surface area contributed by atoms with Gasteiger partial charge in [0.05, 0.1) is 6.61 Å². The maximum absolute atomic E-state index is 13.3. The third-order valence-corrected chi connectivity index (χ3v) is 6.62. The Bertz CT molecular complexity index is 898. The lowest BCUT2D eigenvalue weighted by Crippen LogP contribution is -2.30. The average Bonchev–Trinajstić information content (AvgIpc) is 2.66. The van der Waals surface area contributed by atoms with Gasteiger partial charge in [-0.15, -0.1) is 0 Å². The normalized spacial score (nSPS) is 14.6. The van der Waals surface area contributed by atoms with Crippen molar-refractivity contribution < 1.29 is 17.7 Å². The van der Waals surface area contributed by atoms with Crippen molar-refractivity contribution in [1.82, 2.24) is 0 Å². The summed E-state index contributed by atoms with van der Waals surface area (Å²) in [5.74, 6) is 0.338. The highest BCUT2D eigenvalue weighted by Gasteiger charge is 2.31. The Kier molecular flexibility index (Phi) is 7.31. The van der Waals surface area contributed by atoms with Crippen molar-refractivity contribution in [1.29, 1.82) is 0 Å². The highest BCUT2D eigenvalue weighted by molar-refractivity contribution is 7.86. The van der Waals surface area contributed by atoms with Gasteiger partial charge in [-0.2, -0.15) is 8.42 Å². The molecule has 0 aliphatic heterocycles. The second-order valence-corrected chi connectivity index (χ2v) is 10.4. The molecule has 0 radical (unpaired) electrons. The Hall–Kier alpha value is -1.69. The topological polar surface area (TPSA) is 63.6 Å². The van der Waals surface area contributed by atoms with Crippen LogP contribution >= 0.6 is 0 Å². The molecule has 5 heteroatoms. The standard InChI is InChI=1S/C24H34O4S/c1-16(2)19-13-21(17(3)4)23(22(14-19)18(5)6)29(26,27)28-15-24(7,25)20-11-9-8-10-12-20/h8-14,16-18,25H,15H2,1-7H3. The van der Waals surface area contributed by atoms with Crippen LogP contribution < -0.4 is 0 Å². The fourth-order valence-electron chi connectivity index (χ4n) is 3.31. The second-order valence-electron chi connectivity index (χ2n) is 8.85. The molecule has 0 fully saturated rings. The monoisotopic (exact) mass is 418 g/mol. The first-order valence-corrected chi connectivity index (χ1v) is 11.6. The summed E-state index contributed by atoms with van der Waals surface area (Å²) in [6.07, 6.45) is 0. The molecule has 1 N–H and O–H groups in total. The number of hydrogen-bond acceptors (Lipinski definition) is 4. The molecule has 0 aliphatic carbocycles. The third kappa shape index (κ3) is 5.47. The van der Waals surface area contributed by atoms with E-state index in [1.807, 2.05) is 45.9 Å². The summed E-state index contributed by atoms with van der Waals surface area (Å²) in [5.41, 5.74) is 1.84. The van der Waals surface area contributed by atoms with Gasteiger partial charge in [0.25, 0.3) is 10.1 Å². The first-order chi connectivity index (χ1) is 13.4. The molecule has 0 amide bonds. The lowest BCUT2D eigenvalue weighted by Gasteiger charge is -2.26. The molecule has 0 spiro atoms. The summed E-state index contributed by atoms with van der Waals surface area (Å²) in [6.45, 7) is 13.4. The molecule has 0 aromatic heterocycles. The van der Waals surface area contributed by atoms with Gasteiger partial charge >= 0.3 is 0 Å². The van der Waals surface area contributed by atoms with E-state index in [2.05, 4.69) is 13.8 Å². The Balaban J connectivity index is 2.50. The largest absolute Gasteiger partial charge is 0.383 e. The van der Waals surface area contributed by atoms with Crippen LogP contribution in [0, 0.1) is 0 Å². The van der Waals surface area contributed by atoms with Gasteiger partial charge in [-0.05, 0) is 46.9 Å². The maximum atomic E-state index is 13.3. The van der Waals surface area contributed by atoms with Gasteiger partial charge in [-0.1, -0.05) is 84.0 Å². The van der Waals surface area contributed by atoms with E-state index in [-0.39, 0.29) is 23.3 Å². The van der Waals surface area contributed by atoms with Gasteiger partial charge in [-0.3, -0.25) is 4.18 Å². The lowest BCUT2D eigenvalue weighted by molar-refractivity contribution is 0.00969. The molecule has 0 bridgehead atoms. The van der Waals surface area contributed by atoms with E-state index < -0.39 is 15.7 Å². The van der Waals surface area contributed by atoms with E-state index in [4.69, 9.17) is 4.18 Å². The lowest BCUT2D eigenvalue weighted by atomic mass is 9.89. The van der Waals surface area contributed by atoms with Crippen LogP contribution in [0.15, 0.2) is 47.4 Å². The molecule has 2 aromatic rings. The van der Waals surface area contributed by atoms with Gasteiger partial charge in [-0.25, -0.2) is 0 Å². The second kappa shape index (κ2) is 8.99. The molecule has 1 atom stereocenters.